The maximum Gasteiger partial charge on any atom is 1.00 e. The Bertz CT molecular complexity index is 19.1. The summed E-state index contributed by atoms with van der Waals surface area (Å²) < 4.78 is 0. The molecule has 0 rings (SSSR count). The van der Waals surface area contributed by atoms with Crippen LogP contribution in [0.2, 0.25) is 0 Å². The van der Waals surface area contributed by atoms with Crippen molar-refractivity contribution in [3.05, 3.63) is 0 Å². The van der Waals surface area contributed by atoms with E-state index in [1.54, 1.807) is 0 Å². The predicted molar refractivity (Wildman–Crippen MR) is 24.3 cm³/mol. The molecule has 20 valence electrons. The Hall–Kier alpha value is 1.60. The van der Waals surface area contributed by atoms with Gasteiger partial charge in [-0.3, -0.25) is 0 Å². The summed E-state index contributed by atoms with van der Waals surface area (Å²) >= 11 is 7.22. The van der Waals surface area contributed by atoms with Crippen molar-refractivity contribution in [2.75, 3.05) is 0 Å². The largest absolute Gasteiger partial charge is 1.00 e. The van der Waals surface area contributed by atoms with E-state index in [0.29, 0.717) is 0 Å². The molecular formula is HBrLiPS. The molecule has 0 aliphatic carbocycles. The molecule has 0 fully saturated rings. The summed E-state index contributed by atoms with van der Waals surface area (Å²) in [7, 11) is 0. The van der Waals surface area contributed by atoms with E-state index in [1.807, 2.05) is 0 Å². The molecule has 0 aliphatic rings. The Kier molecular flexibility index (Phi) is 20.2. The molecule has 0 aromatic carbocycles. The van der Waals surface area contributed by atoms with Gasteiger partial charge in [-0.25, -0.2) is 0 Å². The molecule has 0 nitrogen and oxygen atoms in total. The van der Waals surface area contributed by atoms with Gasteiger partial charge in [0.2, 0.25) is 0 Å². The van der Waals surface area contributed by atoms with E-state index in [4.69, 9.17) is 0 Å². The zero-order chi connectivity index (χ0) is 2.71. The molecule has 0 saturated heterocycles. The molecule has 0 N–H and O–H groups in total. The second-order valence-electron chi connectivity index (χ2n) is 0.0690. The zero-order valence-corrected chi connectivity index (χ0v) is 5.53. The standard InChI is InChI=1S/BrPS.Li.H/c1-2-3;;/q;+1;-1. The Labute approximate surface area is 53.6 Å². The van der Waals surface area contributed by atoms with Crippen LogP contribution < -0.4 is 18.9 Å². The third kappa shape index (κ3) is 9.51. The Morgan fingerprint density at radius 3 is 2.00 bits per heavy atom. The first-order valence-electron chi connectivity index (χ1n) is 0.352. The SMILES string of the molecule is S=PBr.[H-].[Li+]. The van der Waals surface area contributed by atoms with Gasteiger partial charge in [-0.1, -0.05) is 0 Å². The van der Waals surface area contributed by atoms with Crippen molar-refractivity contribution < 1.29 is 20.3 Å². The van der Waals surface area contributed by atoms with Crippen LogP contribution in [0.5, 0.6) is 0 Å². The van der Waals surface area contributed by atoms with Crippen LogP contribution in [0.1, 0.15) is 1.43 Å². The predicted octanol–water partition coefficient (Wildman–Crippen LogP) is -1.18. The average molecular weight is 151 g/mol. The van der Waals surface area contributed by atoms with Gasteiger partial charge in [0, 0.05) is 0 Å². The van der Waals surface area contributed by atoms with Crippen molar-refractivity contribution in [2.45, 2.75) is 0 Å². The van der Waals surface area contributed by atoms with Gasteiger partial charge < -0.3 is 1.43 Å². The van der Waals surface area contributed by atoms with Crippen LogP contribution in [0.3, 0.4) is 0 Å². The first-order chi connectivity index (χ1) is 1.41. The summed E-state index contributed by atoms with van der Waals surface area (Å²) in [6.07, 6.45) is 0. The van der Waals surface area contributed by atoms with Gasteiger partial charge in [0.25, 0.3) is 0 Å². The first kappa shape index (κ1) is 9.14. The number of hydrogen-bond acceptors (Lipinski definition) is 1. The van der Waals surface area contributed by atoms with Crippen LogP contribution in [-0.4, -0.2) is 0 Å². The number of rotatable bonds is 0. The summed E-state index contributed by atoms with van der Waals surface area (Å²) in [5.74, 6) is 0. The third-order valence-corrected chi connectivity index (χ3v) is 0. The quantitative estimate of drug-likeness (QED) is 0.310. The normalized spacial score (nSPS) is 5.25. The number of halogens is 1. The molecule has 0 saturated carbocycles. The molecule has 0 amide bonds. The van der Waals surface area contributed by atoms with E-state index >= 15 is 0 Å². The van der Waals surface area contributed by atoms with Crippen molar-refractivity contribution in [1.82, 2.24) is 0 Å². The minimum atomic E-state index is 0. The molecule has 0 atom stereocenters. The first-order valence-corrected chi connectivity index (χ1v) is 4.28. The van der Waals surface area contributed by atoms with E-state index in [0.717, 1.165) is 6.06 Å². The van der Waals surface area contributed by atoms with Gasteiger partial charge in [0.05, 0.1) is 6.06 Å². The Morgan fingerprint density at radius 1 is 2.00 bits per heavy atom. The molecule has 0 spiro atoms. The van der Waals surface area contributed by atoms with Gasteiger partial charge in [-0.05, 0) is 27.3 Å². The summed E-state index contributed by atoms with van der Waals surface area (Å²) in [5, 5.41) is 0. The second-order valence-corrected chi connectivity index (χ2v) is 3.23. The van der Waals surface area contributed by atoms with Crippen LogP contribution in [0.15, 0.2) is 0 Å². The smallest absolute Gasteiger partial charge is 1.00 e. The van der Waals surface area contributed by atoms with Crippen LogP contribution in [0.4, 0.5) is 0 Å². The average Bonchev–Trinajstić information content (AvgIpc) is 0.918. The topological polar surface area (TPSA) is 0 Å². The van der Waals surface area contributed by atoms with E-state index < -0.39 is 0 Å². The fourth-order valence-corrected chi connectivity index (χ4v) is 0. The minimum absolute atomic E-state index is 0. The van der Waals surface area contributed by atoms with Crippen LogP contribution in [0.25, 0.3) is 0 Å². The third-order valence-electron chi connectivity index (χ3n) is 0. The van der Waals surface area contributed by atoms with E-state index in [2.05, 4.69) is 27.3 Å². The molecule has 0 aliphatic heterocycles. The van der Waals surface area contributed by atoms with Gasteiger partial charge in [0.1, 0.15) is 0 Å². The van der Waals surface area contributed by atoms with Crippen LogP contribution >= 0.6 is 21.5 Å². The van der Waals surface area contributed by atoms with Gasteiger partial charge >= 0.3 is 18.9 Å². The molecule has 0 heterocycles. The van der Waals surface area contributed by atoms with Gasteiger partial charge in [0.15, 0.2) is 0 Å². The Balaban J connectivity index is -0.0000000200. The zero-order valence-electron chi connectivity index (χ0n) is 3.23. The Morgan fingerprint density at radius 2 is 2.00 bits per heavy atom. The molecule has 0 unspecified atom stereocenters. The van der Waals surface area contributed by atoms with Crippen LogP contribution in [0, 0.1) is 0 Å². The minimum Gasteiger partial charge on any atom is -1.00 e. The summed E-state index contributed by atoms with van der Waals surface area (Å²) in [5.41, 5.74) is 0. The summed E-state index contributed by atoms with van der Waals surface area (Å²) in [4.78, 5) is 0. The monoisotopic (exact) mass is 150 g/mol. The van der Waals surface area contributed by atoms with Crippen molar-refractivity contribution >= 4 is 33.4 Å². The van der Waals surface area contributed by atoms with Crippen molar-refractivity contribution in [3.63, 3.8) is 0 Å². The van der Waals surface area contributed by atoms with Crippen molar-refractivity contribution in [2.24, 2.45) is 0 Å². The van der Waals surface area contributed by atoms with Crippen molar-refractivity contribution in [1.29, 1.82) is 0 Å². The summed E-state index contributed by atoms with van der Waals surface area (Å²) in [6.45, 7) is 0. The van der Waals surface area contributed by atoms with E-state index in [1.165, 1.54) is 0 Å². The number of hydrogen-bond donors (Lipinski definition) is 0. The maximum absolute atomic E-state index is 4.28. The van der Waals surface area contributed by atoms with E-state index in [-0.39, 0.29) is 20.3 Å². The molecule has 4 heavy (non-hydrogen) atoms. The molecule has 0 bridgehead atoms. The second kappa shape index (κ2) is 8.82. The fraction of sp³-hybridized carbons (Fsp3) is 0. The molecule has 0 radical (unpaired) electrons. The maximum atomic E-state index is 4.28. The molecular weight excluding hydrogens is 150 g/mol. The molecule has 0 aromatic heterocycles. The van der Waals surface area contributed by atoms with Gasteiger partial charge in [-0.15, -0.1) is 0 Å². The fourth-order valence-electron chi connectivity index (χ4n) is 0. The van der Waals surface area contributed by atoms with Crippen LogP contribution in [-0.2, 0) is 11.8 Å². The molecule has 0 aromatic rings. The van der Waals surface area contributed by atoms with Gasteiger partial charge in [-0.2, -0.15) is 0 Å². The van der Waals surface area contributed by atoms with E-state index in [9.17, 15) is 0 Å². The molecule has 4 heteroatoms. The summed E-state index contributed by atoms with van der Waals surface area (Å²) in [6, 6.07) is 0.813. The van der Waals surface area contributed by atoms with Crippen molar-refractivity contribution in [3.8, 4) is 0 Å².